The maximum atomic E-state index is 5.87. The number of rotatable bonds is 4. The van der Waals surface area contributed by atoms with Crippen LogP contribution in [-0.4, -0.2) is 11.5 Å². The molecule has 1 aromatic heterocycles. The van der Waals surface area contributed by atoms with E-state index in [0.29, 0.717) is 0 Å². The topological polar surface area (TPSA) is 24.9 Å². The van der Waals surface area contributed by atoms with E-state index in [4.69, 9.17) is 11.6 Å². The van der Waals surface area contributed by atoms with Crippen molar-refractivity contribution in [1.82, 2.24) is 4.98 Å². The van der Waals surface area contributed by atoms with Crippen molar-refractivity contribution >= 4 is 17.4 Å². The van der Waals surface area contributed by atoms with Crippen molar-refractivity contribution in [2.24, 2.45) is 0 Å². The Labute approximate surface area is 107 Å². The molecule has 0 aliphatic rings. The SMILES string of the molecule is CCCNc1cccc(-c2ccc(Cl)cc2)n1. The molecule has 0 aliphatic heterocycles. The zero-order valence-electron chi connectivity index (χ0n) is 9.78. The van der Waals surface area contributed by atoms with Crippen molar-refractivity contribution in [2.45, 2.75) is 13.3 Å². The van der Waals surface area contributed by atoms with Crippen molar-refractivity contribution in [3.05, 3.63) is 47.5 Å². The Balaban J connectivity index is 2.23. The lowest BCUT2D eigenvalue weighted by atomic mass is 10.1. The van der Waals surface area contributed by atoms with Gasteiger partial charge in [0.2, 0.25) is 0 Å². The zero-order valence-corrected chi connectivity index (χ0v) is 10.5. The summed E-state index contributed by atoms with van der Waals surface area (Å²) in [5.41, 5.74) is 2.04. The number of halogens is 1. The highest BCUT2D eigenvalue weighted by molar-refractivity contribution is 6.30. The molecule has 0 saturated heterocycles. The van der Waals surface area contributed by atoms with Crippen molar-refractivity contribution in [3.63, 3.8) is 0 Å². The summed E-state index contributed by atoms with van der Waals surface area (Å²) < 4.78 is 0. The first-order chi connectivity index (χ1) is 8.29. The van der Waals surface area contributed by atoms with E-state index in [1.54, 1.807) is 0 Å². The largest absolute Gasteiger partial charge is 0.370 e. The van der Waals surface area contributed by atoms with Gasteiger partial charge < -0.3 is 5.32 Å². The standard InChI is InChI=1S/C14H15ClN2/c1-2-10-16-14-5-3-4-13(17-14)11-6-8-12(15)9-7-11/h3-9H,2,10H2,1H3,(H,16,17). The molecule has 2 nitrogen and oxygen atoms in total. The molecule has 3 heteroatoms. The van der Waals surface area contributed by atoms with Gasteiger partial charge in [0.1, 0.15) is 5.82 Å². The van der Waals surface area contributed by atoms with Crippen LogP contribution in [0.15, 0.2) is 42.5 Å². The Hall–Kier alpha value is -1.54. The van der Waals surface area contributed by atoms with Gasteiger partial charge >= 0.3 is 0 Å². The molecule has 0 unspecified atom stereocenters. The molecule has 0 aliphatic carbocycles. The molecule has 17 heavy (non-hydrogen) atoms. The number of benzene rings is 1. The van der Waals surface area contributed by atoms with E-state index in [0.717, 1.165) is 35.1 Å². The molecule has 0 radical (unpaired) electrons. The van der Waals surface area contributed by atoms with Crippen LogP contribution in [0.2, 0.25) is 5.02 Å². The van der Waals surface area contributed by atoms with Crippen LogP contribution < -0.4 is 5.32 Å². The van der Waals surface area contributed by atoms with Crippen LogP contribution in [0.5, 0.6) is 0 Å². The van der Waals surface area contributed by atoms with Crippen LogP contribution in [0.1, 0.15) is 13.3 Å². The number of aromatic nitrogens is 1. The van der Waals surface area contributed by atoms with Crippen LogP contribution in [0.3, 0.4) is 0 Å². The number of anilines is 1. The Morgan fingerprint density at radius 3 is 2.59 bits per heavy atom. The van der Waals surface area contributed by atoms with E-state index in [1.807, 2.05) is 42.5 Å². The van der Waals surface area contributed by atoms with Crippen LogP contribution in [0, 0.1) is 0 Å². The van der Waals surface area contributed by atoms with Gasteiger partial charge in [0.05, 0.1) is 5.69 Å². The molecule has 88 valence electrons. The fourth-order valence-electron chi connectivity index (χ4n) is 1.57. The summed E-state index contributed by atoms with van der Waals surface area (Å²) in [5.74, 6) is 0.916. The van der Waals surface area contributed by atoms with E-state index in [1.165, 1.54) is 0 Å². The van der Waals surface area contributed by atoms with Gasteiger partial charge in [-0.15, -0.1) is 0 Å². The Kier molecular flexibility index (Phi) is 3.99. The van der Waals surface area contributed by atoms with Gasteiger partial charge in [-0.3, -0.25) is 0 Å². The molecular weight excluding hydrogens is 232 g/mol. The van der Waals surface area contributed by atoms with Crippen LogP contribution in [-0.2, 0) is 0 Å². The lowest BCUT2D eigenvalue weighted by Crippen LogP contribution is -2.01. The second-order valence-electron chi connectivity index (χ2n) is 3.84. The average Bonchev–Trinajstić information content (AvgIpc) is 2.37. The first-order valence-electron chi connectivity index (χ1n) is 5.76. The Morgan fingerprint density at radius 2 is 1.88 bits per heavy atom. The maximum absolute atomic E-state index is 5.87. The van der Waals surface area contributed by atoms with E-state index in [-0.39, 0.29) is 0 Å². The molecule has 0 amide bonds. The van der Waals surface area contributed by atoms with Gasteiger partial charge in [-0.05, 0) is 30.7 Å². The van der Waals surface area contributed by atoms with Crippen LogP contribution in [0.4, 0.5) is 5.82 Å². The highest BCUT2D eigenvalue weighted by Crippen LogP contribution is 2.20. The van der Waals surface area contributed by atoms with Crippen molar-refractivity contribution in [1.29, 1.82) is 0 Å². The quantitative estimate of drug-likeness (QED) is 0.874. The molecule has 2 aromatic rings. The fourth-order valence-corrected chi connectivity index (χ4v) is 1.69. The van der Waals surface area contributed by atoms with Crippen LogP contribution in [0.25, 0.3) is 11.3 Å². The third-order valence-corrected chi connectivity index (χ3v) is 2.70. The zero-order chi connectivity index (χ0) is 12.1. The van der Waals surface area contributed by atoms with Gasteiger partial charge in [-0.2, -0.15) is 0 Å². The van der Waals surface area contributed by atoms with E-state index < -0.39 is 0 Å². The molecular formula is C14H15ClN2. The summed E-state index contributed by atoms with van der Waals surface area (Å²) in [7, 11) is 0. The molecule has 0 fully saturated rings. The summed E-state index contributed by atoms with van der Waals surface area (Å²) in [6, 6.07) is 13.7. The summed E-state index contributed by atoms with van der Waals surface area (Å²) in [5, 5.41) is 4.02. The fraction of sp³-hybridized carbons (Fsp3) is 0.214. The second kappa shape index (κ2) is 5.69. The second-order valence-corrected chi connectivity index (χ2v) is 4.28. The summed E-state index contributed by atoms with van der Waals surface area (Å²) in [4.78, 5) is 4.56. The third-order valence-electron chi connectivity index (χ3n) is 2.45. The highest BCUT2D eigenvalue weighted by Gasteiger charge is 2.00. The van der Waals surface area contributed by atoms with E-state index in [9.17, 15) is 0 Å². The van der Waals surface area contributed by atoms with Gasteiger partial charge in [-0.25, -0.2) is 4.98 Å². The van der Waals surface area contributed by atoms with Crippen molar-refractivity contribution in [3.8, 4) is 11.3 Å². The smallest absolute Gasteiger partial charge is 0.126 e. The Bertz CT molecular complexity index is 480. The van der Waals surface area contributed by atoms with Gasteiger partial charge in [0, 0.05) is 17.1 Å². The maximum Gasteiger partial charge on any atom is 0.126 e. The molecule has 0 atom stereocenters. The minimum atomic E-state index is 0.744. The monoisotopic (exact) mass is 246 g/mol. The third kappa shape index (κ3) is 3.21. The Morgan fingerprint density at radius 1 is 1.12 bits per heavy atom. The summed E-state index contributed by atoms with van der Waals surface area (Å²) in [6.45, 7) is 3.08. The van der Waals surface area contributed by atoms with Crippen molar-refractivity contribution in [2.75, 3.05) is 11.9 Å². The van der Waals surface area contributed by atoms with Gasteiger partial charge in [0.15, 0.2) is 0 Å². The molecule has 1 heterocycles. The highest BCUT2D eigenvalue weighted by atomic mass is 35.5. The average molecular weight is 247 g/mol. The lowest BCUT2D eigenvalue weighted by Gasteiger charge is -2.06. The molecule has 0 spiro atoms. The molecule has 0 bridgehead atoms. The molecule has 2 rings (SSSR count). The molecule has 1 N–H and O–H groups in total. The van der Waals surface area contributed by atoms with E-state index in [2.05, 4.69) is 17.2 Å². The summed E-state index contributed by atoms with van der Waals surface area (Å²) >= 11 is 5.87. The number of nitrogens with one attached hydrogen (secondary N) is 1. The van der Waals surface area contributed by atoms with E-state index >= 15 is 0 Å². The minimum Gasteiger partial charge on any atom is -0.370 e. The first-order valence-corrected chi connectivity index (χ1v) is 6.14. The normalized spacial score (nSPS) is 10.2. The van der Waals surface area contributed by atoms with Gasteiger partial charge in [-0.1, -0.05) is 36.7 Å². The van der Waals surface area contributed by atoms with Gasteiger partial charge in [0.25, 0.3) is 0 Å². The number of pyridine rings is 1. The number of hydrogen-bond donors (Lipinski definition) is 1. The van der Waals surface area contributed by atoms with Crippen molar-refractivity contribution < 1.29 is 0 Å². The number of nitrogens with zero attached hydrogens (tertiary/aromatic N) is 1. The summed E-state index contributed by atoms with van der Waals surface area (Å²) in [6.07, 6.45) is 1.09. The minimum absolute atomic E-state index is 0.744. The molecule has 0 saturated carbocycles. The number of hydrogen-bond acceptors (Lipinski definition) is 2. The first kappa shape index (κ1) is 11.9. The molecule has 1 aromatic carbocycles. The predicted octanol–water partition coefficient (Wildman–Crippen LogP) is 4.22. The van der Waals surface area contributed by atoms with Crippen LogP contribution >= 0.6 is 11.6 Å². The lowest BCUT2D eigenvalue weighted by molar-refractivity contribution is 0.970. The predicted molar refractivity (Wildman–Crippen MR) is 73.5 cm³/mol.